The fourth-order valence-corrected chi connectivity index (χ4v) is 4.43. The largest absolute Gasteiger partial charge is 0.356 e. The molecule has 5 rings (SSSR count). The van der Waals surface area contributed by atoms with E-state index in [-0.39, 0.29) is 0 Å². The van der Waals surface area contributed by atoms with Crippen molar-refractivity contribution in [2.24, 2.45) is 0 Å². The number of aromatic nitrogens is 2. The maximum absolute atomic E-state index is 4.97. The summed E-state index contributed by atoms with van der Waals surface area (Å²) in [5.41, 5.74) is 1.03. The lowest BCUT2D eigenvalue weighted by Crippen LogP contribution is -2.19. The van der Waals surface area contributed by atoms with E-state index in [0.717, 1.165) is 40.5 Å². The van der Waals surface area contributed by atoms with Crippen molar-refractivity contribution >= 4 is 38.1 Å². The predicted molar refractivity (Wildman–Crippen MR) is 102 cm³/mol. The SMILES string of the molecule is c1ccc2sc(-c3nc(N4CCCC4)c4ccccc4n3)cc2c1. The normalized spacial score (nSPS) is 14.8. The van der Waals surface area contributed by atoms with Crippen molar-refractivity contribution in [2.75, 3.05) is 18.0 Å². The summed E-state index contributed by atoms with van der Waals surface area (Å²) in [6.45, 7) is 2.18. The van der Waals surface area contributed by atoms with Gasteiger partial charge in [0, 0.05) is 23.2 Å². The first-order valence-electron chi connectivity index (χ1n) is 8.39. The molecule has 118 valence electrons. The Morgan fingerprint density at radius 3 is 2.54 bits per heavy atom. The molecular weight excluding hydrogens is 314 g/mol. The topological polar surface area (TPSA) is 29.0 Å². The van der Waals surface area contributed by atoms with Crippen LogP contribution >= 0.6 is 11.3 Å². The van der Waals surface area contributed by atoms with Crippen molar-refractivity contribution in [1.82, 2.24) is 9.97 Å². The molecule has 0 radical (unpaired) electrons. The van der Waals surface area contributed by atoms with Crippen LogP contribution in [0.5, 0.6) is 0 Å². The van der Waals surface area contributed by atoms with Gasteiger partial charge in [-0.3, -0.25) is 0 Å². The molecule has 0 atom stereocenters. The lowest BCUT2D eigenvalue weighted by Gasteiger charge is -2.19. The van der Waals surface area contributed by atoms with E-state index in [4.69, 9.17) is 9.97 Å². The van der Waals surface area contributed by atoms with Gasteiger partial charge in [-0.2, -0.15) is 0 Å². The second kappa shape index (κ2) is 5.56. The summed E-state index contributed by atoms with van der Waals surface area (Å²) in [5, 5.41) is 2.42. The molecule has 24 heavy (non-hydrogen) atoms. The average Bonchev–Trinajstić information content (AvgIpc) is 3.30. The van der Waals surface area contributed by atoms with E-state index >= 15 is 0 Å². The molecule has 0 bridgehead atoms. The number of para-hydroxylation sites is 1. The van der Waals surface area contributed by atoms with Gasteiger partial charge in [0.2, 0.25) is 0 Å². The molecule has 4 heteroatoms. The number of thiophene rings is 1. The molecule has 0 amide bonds. The number of hydrogen-bond acceptors (Lipinski definition) is 4. The molecule has 1 aliphatic heterocycles. The molecule has 2 aromatic heterocycles. The maximum atomic E-state index is 4.97. The predicted octanol–water partition coefficient (Wildman–Crippen LogP) is 5.11. The van der Waals surface area contributed by atoms with Crippen LogP contribution in [0.15, 0.2) is 54.6 Å². The average molecular weight is 331 g/mol. The highest BCUT2D eigenvalue weighted by molar-refractivity contribution is 7.22. The second-order valence-corrected chi connectivity index (χ2v) is 7.31. The third-order valence-corrected chi connectivity index (χ3v) is 5.75. The number of anilines is 1. The smallest absolute Gasteiger partial charge is 0.172 e. The number of benzene rings is 2. The zero-order valence-electron chi connectivity index (χ0n) is 13.3. The van der Waals surface area contributed by atoms with Crippen molar-refractivity contribution in [3.63, 3.8) is 0 Å². The molecule has 0 aliphatic carbocycles. The standard InChI is InChI=1S/C20H17N3S/c1-4-10-17-14(7-1)13-18(24-17)19-21-16-9-3-2-8-15(16)20(22-19)23-11-5-6-12-23/h1-4,7-10,13H,5-6,11-12H2. The van der Waals surface area contributed by atoms with Gasteiger partial charge in [0.1, 0.15) is 5.82 Å². The minimum atomic E-state index is 0.844. The highest BCUT2D eigenvalue weighted by Crippen LogP contribution is 2.35. The number of hydrogen-bond donors (Lipinski definition) is 0. The molecule has 0 saturated carbocycles. The Morgan fingerprint density at radius 2 is 1.67 bits per heavy atom. The van der Waals surface area contributed by atoms with E-state index in [2.05, 4.69) is 59.5 Å². The van der Waals surface area contributed by atoms with E-state index < -0.39 is 0 Å². The molecule has 1 aliphatic rings. The first-order valence-corrected chi connectivity index (χ1v) is 9.21. The maximum Gasteiger partial charge on any atom is 0.172 e. The van der Waals surface area contributed by atoms with Gasteiger partial charge in [0.25, 0.3) is 0 Å². The summed E-state index contributed by atoms with van der Waals surface area (Å²) in [7, 11) is 0. The van der Waals surface area contributed by atoms with Crippen LogP contribution in [-0.2, 0) is 0 Å². The zero-order chi connectivity index (χ0) is 15.9. The number of nitrogens with zero attached hydrogens (tertiary/aromatic N) is 3. The monoisotopic (exact) mass is 331 g/mol. The molecule has 1 saturated heterocycles. The molecule has 3 heterocycles. The molecule has 3 nitrogen and oxygen atoms in total. The molecule has 4 aromatic rings. The van der Waals surface area contributed by atoms with Crippen LogP contribution in [0.1, 0.15) is 12.8 Å². The summed E-state index contributed by atoms with van der Waals surface area (Å²) >= 11 is 1.77. The first kappa shape index (κ1) is 13.9. The summed E-state index contributed by atoms with van der Waals surface area (Å²) in [6.07, 6.45) is 2.49. The molecule has 0 N–H and O–H groups in total. The minimum absolute atomic E-state index is 0.844. The minimum Gasteiger partial charge on any atom is -0.356 e. The van der Waals surface area contributed by atoms with Gasteiger partial charge in [0.15, 0.2) is 5.82 Å². The van der Waals surface area contributed by atoms with Crippen LogP contribution in [0.3, 0.4) is 0 Å². The van der Waals surface area contributed by atoms with Gasteiger partial charge in [-0.05, 0) is 42.5 Å². The Labute approximate surface area is 144 Å². The third kappa shape index (κ3) is 2.26. The molecular formula is C20H17N3S. The van der Waals surface area contributed by atoms with Crippen LogP contribution < -0.4 is 4.90 Å². The Hall–Kier alpha value is -2.46. The van der Waals surface area contributed by atoms with Crippen LogP contribution in [0.2, 0.25) is 0 Å². The summed E-state index contributed by atoms with van der Waals surface area (Å²) in [5.74, 6) is 1.93. The quantitative estimate of drug-likeness (QED) is 0.511. The Kier molecular flexibility index (Phi) is 3.23. The van der Waals surface area contributed by atoms with Crippen molar-refractivity contribution in [1.29, 1.82) is 0 Å². The highest BCUT2D eigenvalue weighted by Gasteiger charge is 2.19. The molecule has 0 spiro atoms. The fraction of sp³-hybridized carbons (Fsp3) is 0.200. The fourth-order valence-electron chi connectivity index (χ4n) is 3.43. The first-order chi connectivity index (χ1) is 11.9. The van der Waals surface area contributed by atoms with Crippen molar-refractivity contribution in [2.45, 2.75) is 12.8 Å². The zero-order valence-corrected chi connectivity index (χ0v) is 14.1. The second-order valence-electron chi connectivity index (χ2n) is 6.23. The van der Waals surface area contributed by atoms with Gasteiger partial charge in [-0.15, -0.1) is 11.3 Å². The van der Waals surface area contributed by atoms with E-state index in [1.165, 1.54) is 22.9 Å². The Morgan fingerprint density at radius 1 is 0.875 bits per heavy atom. The van der Waals surface area contributed by atoms with E-state index in [1.54, 1.807) is 11.3 Å². The van der Waals surface area contributed by atoms with Gasteiger partial charge in [-0.1, -0.05) is 30.3 Å². The van der Waals surface area contributed by atoms with Gasteiger partial charge in [-0.25, -0.2) is 9.97 Å². The van der Waals surface area contributed by atoms with E-state index in [1.807, 2.05) is 0 Å². The lowest BCUT2D eigenvalue weighted by molar-refractivity contribution is 0.942. The third-order valence-electron chi connectivity index (χ3n) is 4.63. The van der Waals surface area contributed by atoms with E-state index in [9.17, 15) is 0 Å². The van der Waals surface area contributed by atoms with Crippen molar-refractivity contribution in [3.05, 3.63) is 54.6 Å². The summed E-state index contributed by atoms with van der Waals surface area (Å²) < 4.78 is 1.28. The van der Waals surface area contributed by atoms with Gasteiger partial charge >= 0.3 is 0 Å². The molecule has 1 fully saturated rings. The van der Waals surface area contributed by atoms with Gasteiger partial charge < -0.3 is 4.90 Å². The molecule has 2 aromatic carbocycles. The summed E-state index contributed by atoms with van der Waals surface area (Å²) in [4.78, 5) is 13.4. The van der Waals surface area contributed by atoms with Crippen molar-refractivity contribution < 1.29 is 0 Å². The number of fused-ring (bicyclic) bond motifs is 2. The lowest BCUT2D eigenvalue weighted by atomic mass is 10.2. The Bertz CT molecular complexity index is 998. The Balaban J connectivity index is 1.73. The van der Waals surface area contributed by atoms with Crippen LogP contribution in [0.4, 0.5) is 5.82 Å². The molecule has 0 unspecified atom stereocenters. The summed E-state index contributed by atoms with van der Waals surface area (Å²) in [6, 6.07) is 19.0. The van der Waals surface area contributed by atoms with Crippen molar-refractivity contribution in [3.8, 4) is 10.7 Å². The van der Waals surface area contributed by atoms with Crippen LogP contribution in [-0.4, -0.2) is 23.1 Å². The number of rotatable bonds is 2. The van der Waals surface area contributed by atoms with E-state index in [0.29, 0.717) is 0 Å². The van der Waals surface area contributed by atoms with Gasteiger partial charge in [0.05, 0.1) is 10.4 Å². The highest BCUT2D eigenvalue weighted by atomic mass is 32.1. The van der Waals surface area contributed by atoms with Crippen LogP contribution in [0, 0.1) is 0 Å². The van der Waals surface area contributed by atoms with Crippen LogP contribution in [0.25, 0.3) is 31.7 Å².